The smallest absolute Gasteiger partial charge is 0.244 e. The molecule has 35 heavy (non-hydrogen) atoms. The van der Waals surface area contributed by atoms with Crippen molar-refractivity contribution >= 4 is 11.8 Å². The predicted molar refractivity (Wildman–Crippen MR) is 139 cm³/mol. The molecule has 0 heterocycles. The van der Waals surface area contributed by atoms with E-state index in [0.29, 0.717) is 17.4 Å². The lowest BCUT2D eigenvalue weighted by Gasteiger charge is -2.25. The molecule has 1 aromatic rings. The molecule has 0 aliphatic heterocycles. The van der Waals surface area contributed by atoms with Crippen LogP contribution < -0.4 is 20.4 Å². The molecule has 0 bridgehead atoms. The molecule has 0 radical (unpaired) electrons. The molecule has 1 aromatic carbocycles. The monoisotopic (exact) mass is 492 g/mol. The Balaban J connectivity index is 0.000000883. The van der Waals surface area contributed by atoms with E-state index in [1.807, 2.05) is 47.6 Å². The van der Waals surface area contributed by atoms with E-state index in [2.05, 4.69) is 57.6 Å². The van der Waals surface area contributed by atoms with Crippen LogP contribution in [0.1, 0.15) is 92.2 Å². The Morgan fingerprint density at radius 2 is 1.29 bits per heavy atom. The van der Waals surface area contributed by atoms with Crippen molar-refractivity contribution < 1.29 is 29.1 Å². The first kappa shape index (κ1) is 32.2. The summed E-state index contributed by atoms with van der Waals surface area (Å²) >= 11 is 0. The van der Waals surface area contributed by atoms with E-state index in [-0.39, 0.29) is 24.4 Å². The van der Waals surface area contributed by atoms with Crippen molar-refractivity contribution in [2.45, 2.75) is 92.3 Å². The molecule has 1 rings (SSSR count). The van der Waals surface area contributed by atoms with Crippen LogP contribution >= 0.6 is 0 Å². The Morgan fingerprint density at radius 3 is 1.66 bits per heavy atom. The first-order valence-corrected chi connectivity index (χ1v) is 11.7. The lowest BCUT2D eigenvalue weighted by molar-refractivity contribution is -0.292. The minimum absolute atomic E-state index is 0.0930. The zero-order chi connectivity index (χ0) is 27.4. The molecule has 0 spiro atoms. The number of hydrogen-bond donors (Lipinski definition) is 2. The van der Waals surface area contributed by atoms with Crippen LogP contribution in [0.5, 0.6) is 11.5 Å². The highest BCUT2D eigenvalue weighted by Gasteiger charge is 2.25. The Kier molecular flexibility index (Phi) is 13.4. The maximum absolute atomic E-state index is 10.5. The highest BCUT2D eigenvalue weighted by molar-refractivity contribution is 5.89. The van der Waals surface area contributed by atoms with Gasteiger partial charge in [-0.05, 0) is 77.2 Å². The fourth-order valence-corrected chi connectivity index (χ4v) is 2.54. The van der Waals surface area contributed by atoms with E-state index < -0.39 is 11.2 Å². The third kappa shape index (κ3) is 13.6. The van der Waals surface area contributed by atoms with Crippen molar-refractivity contribution in [3.8, 4) is 11.5 Å². The molecular weight excluding hydrogens is 448 g/mol. The quantitative estimate of drug-likeness (QED) is 0.188. The van der Waals surface area contributed by atoms with Crippen LogP contribution in [0.25, 0.3) is 0 Å². The van der Waals surface area contributed by atoms with Crippen LogP contribution in [0.3, 0.4) is 0 Å². The van der Waals surface area contributed by atoms with Gasteiger partial charge in [-0.2, -0.15) is 9.78 Å². The second-order valence-corrected chi connectivity index (χ2v) is 10.4. The Hall–Kier alpha value is -2.84. The fourth-order valence-electron chi connectivity index (χ4n) is 2.54. The molecule has 0 aliphatic rings. The molecule has 8 heteroatoms. The van der Waals surface area contributed by atoms with E-state index in [0.717, 1.165) is 17.7 Å². The molecule has 0 saturated carbocycles. The number of amides is 2. The summed E-state index contributed by atoms with van der Waals surface area (Å²) in [5, 5.41) is 4.72. The zero-order valence-corrected chi connectivity index (χ0v) is 23.0. The zero-order valence-electron chi connectivity index (χ0n) is 23.0. The van der Waals surface area contributed by atoms with Crippen LogP contribution in [0.15, 0.2) is 37.4 Å². The molecule has 0 fully saturated rings. The van der Waals surface area contributed by atoms with Crippen LogP contribution in [0, 0.1) is 0 Å². The summed E-state index contributed by atoms with van der Waals surface area (Å²) in [6.07, 6.45) is 2.25. The highest BCUT2D eigenvalue weighted by atomic mass is 17.2. The van der Waals surface area contributed by atoms with Crippen molar-refractivity contribution in [2.24, 2.45) is 0 Å². The predicted octanol–water partition coefficient (Wildman–Crippen LogP) is 5.70. The number of carbonyl (C=O) groups excluding carboxylic acids is 2. The maximum Gasteiger partial charge on any atom is 0.244 e. The SMILES string of the molecule is C=CC(=O)NCNC(=O)C=C.CC(C)c1ccc(OOC(C)(C)C)c(OOC(C)(C)C)c1C(C)C. The van der Waals surface area contributed by atoms with E-state index in [1.165, 1.54) is 5.56 Å². The molecule has 198 valence electrons. The number of rotatable bonds is 10. The number of carbonyl (C=O) groups is 2. The van der Waals surface area contributed by atoms with E-state index >= 15 is 0 Å². The summed E-state index contributed by atoms with van der Waals surface area (Å²) in [6, 6.07) is 3.96. The molecule has 2 N–H and O–H groups in total. The molecule has 0 saturated heterocycles. The van der Waals surface area contributed by atoms with E-state index in [9.17, 15) is 9.59 Å². The fraction of sp³-hybridized carbons (Fsp3) is 0.556. The highest BCUT2D eigenvalue weighted by Crippen LogP contribution is 2.42. The second-order valence-electron chi connectivity index (χ2n) is 10.4. The summed E-state index contributed by atoms with van der Waals surface area (Å²) in [7, 11) is 0. The Labute approximate surface area is 210 Å². The van der Waals surface area contributed by atoms with Gasteiger partial charge in [0.1, 0.15) is 11.2 Å². The van der Waals surface area contributed by atoms with Gasteiger partial charge in [0.25, 0.3) is 0 Å². The average Bonchev–Trinajstić information content (AvgIpc) is 2.74. The van der Waals surface area contributed by atoms with Crippen molar-refractivity contribution in [2.75, 3.05) is 6.67 Å². The van der Waals surface area contributed by atoms with Gasteiger partial charge in [0.15, 0.2) is 0 Å². The lowest BCUT2D eigenvalue weighted by atomic mass is 9.89. The molecule has 2 amide bonds. The summed E-state index contributed by atoms with van der Waals surface area (Å²) in [4.78, 5) is 43.3. The van der Waals surface area contributed by atoms with Gasteiger partial charge in [-0.1, -0.05) is 46.9 Å². The van der Waals surface area contributed by atoms with E-state index in [1.54, 1.807) is 0 Å². The minimum atomic E-state index is -0.426. The minimum Gasteiger partial charge on any atom is -0.335 e. The first-order chi connectivity index (χ1) is 16.0. The molecular formula is C27H44N2O6. The molecule has 0 atom stereocenters. The van der Waals surface area contributed by atoms with Gasteiger partial charge < -0.3 is 20.4 Å². The van der Waals surface area contributed by atoms with Gasteiger partial charge >= 0.3 is 0 Å². The van der Waals surface area contributed by atoms with E-state index in [4.69, 9.17) is 19.6 Å². The standard InChI is InChI=1S/C20H34O4.C7H10N2O2/c1-13(2)15-11-12-16(21-23-19(5,6)7)18(17(15)14(3)4)22-24-20(8,9)10;1-3-6(10)8-5-9-7(11)4-2/h11-14H,1-10H3;3-4H,1-2,5H2,(H,8,10)(H,9,11). The largest absolute Gasteiger partial charge is 0.335 e. The third-order valence-electron chi connectivity index (χ3n) is 4.05. The van der Waals surface area contributed by atoms with Crippen molar-refractivity contribution in [1.29, 1.82) is 0 Å². The third-order valence-corrected chi connectivity index (χ3v) is 4.05. The van der Waals surface area contributed by atoms with Gasteiger partial charge in [-0.25, -0.2) is 0 Å². The van der Waals surface area contributed by atoms with Crippen LogP contribution in [-0.2, 0) is 19.4 Å². The number of benzene rings is 1. The Morgan fingerprint density at radius 1 is 0.829 bits per heavy atom. The maximum atomic E-state index is 10.5. The van der Waals surface area contributed by atoms with Crippen LogP contribution in [0.2, 0.25) is 0 Å². The average molecular weight is 493 g/mol. The molecule has 0 aliphatic carbocycles. The summed E-state index contributed by atoms with van der Waals surface area (Å²) < 4.78 is 0. The van der Waals surface area contributed by atoms with Crippen molar-refractivity contribution in [3.63, 3.8) is 0 Å². The number of hydrogen-bond acceptors (Lipinski definition) is 6. The van der Waals surface area contributed by atoms with Gasteiger partial charge in [0.05, 0.1) is 6.67 Å². The molecule has 8 nitrogen and oxygen atoms in total. The van der Waals surface area contributed by atoms with Crippen LogP contribution in [-0.4, -0.2) is 29.7 Å². The van der Waals surface area contributed by atoms with Crippen molar-refractivity contribution in [3.05, 3.63) is 48.6 Å². The van der Waals surface area contributed by atoms with Crippen molar-refractivity contribution in [1.82, 2.24) is 10.6 Å². The Bertz CT molecular complexity index is 828. The normalized spacial score (nSPS) is 11.3. The van der Waals surface area contributed by atoms with Gasteiger partial charge in [0.2, 0.25) is 23.3 Å². The first-order valence-electron chi connectivity index (χ1n) is 11.7. The molecule has 0 aromatic heterocycles. The topological polar surface area (TPSA) is 95.1 Å². The lowest BCUT2D eigenvalue weighted by Crippen LogP contribution is -2.35. The summed E-state index contributed by atoms with van der Waals surface area (Å²) in [6.45, 7) is 26.8. The van der Waals surface area contributed by atoms with Gasteiger partial charge in [-0.3, -0.25) is 9.59 Å². The van der Waals surface area contributed by atoms with Gasteiger partial charge in [-0.15, -0.1) is 0 Å². The second kappa shape index (κ2) is 14.5. The summed E-state index contributed by atoms with van der Waals surface area (Å²) in [5.74, 6) is 1.11. The summed E-state index contributed by atoms with van der Waals surface area (Å²) in [5.41, 5.74) is 1.46. The van der Waals surface area contributed by atoms with Gasteiger partial charge in [0, 0.05) is 5.56 Å². The number of nitrogens with one attached hydrogen (secondary N) is 2. The van der Waals surface area contributed by atoms with Crippen LogP contribution in [0.4, 0.5) is 0 Å². The molecule has 0 unspecified atom stereocenters.